The molecule has 7 heteroatoms. The number of carboxylic acid groups (broad SMARTS) is 1. The first kappa shape index (κ1) is 14.4. The molecule has 0 unspecified atom stereocenters. The maximum Gasteiger partial charge on any atom is 0.339 e. The van der Waals surface area contributed by atoms with Crippen LogP contribution in [0.2, 0.25) is 0 Å². The molecule has 0 spiro atoms. The number of nitro benzene ring substituents is 1. The first-order chi connectivity index (χ1) is 9.90. The Labute approximate surface area is 118 Å². The number of nitro groups is 1. The molecule has 0 aliphatic carbocycles. The van der Waals surface area contributed by atoms with Gasteiger partial charge in [-0.25, -0.2) is 9.18 Å². The molecule has 2 aromatic rings. The van der Waals surface area contributed by atoms with Crippen molar-refractivity contribution in [3.8, 4) is 11.5 Å². The molecular formula is C14H10FNO5. The number of hydrogen-bond acceptors (Lipinski definition) is 4. The van der Waals surface area contributed by atoms with E-state index in [1.807, 2.05) is 0 Å². The van der Waals surface area contributed by atoms with Gasteiger partial charge < -0.3 is 9.84 Å². The predicted molar refractivity (Wildman–Crippen MR) is 71.3 cm³/mol. The predicted octanol–water partition coefficient (Wildman–Crippen LogP) is 3.53. The van der Waals surface area contributed by atoms with Gasteiger partial charge in [0.1, 0.15) is 17.1 Å². The standard InChI is InChI=1S/C14H10FNO5/c1-8-3-2-4-12(13(8)16(19)20)21-11-6-5-9(15)7-10(11)14(17)18/h2-7H,1H3,(H,17,18). The lowest BCUT2D eigenvalue weighted by atomic mass is 10.1. The van der Waals surface area contributed by atoms with Crippen LogP contribution in [0.3, 0.4) is 0 Å². The molecule has 0 amide bonds. The molecular weight excluding hydrogens is 281 g/mol. The van der Waals surface area contributed by atoms with E-state index < -0.39 is 22.3 Å². The van der Waals surface area contributed by atoms with E-state index in [9.17, 15) is 19.3 Å². The van der Waals surface area contributed by atoms with Crippen molar-refractivity contribution in [3.63, 3.8) is 0 Å². The van der Waals surface area contributed by atoms with E-state index in [-0.39, 0.29) is 17.2 Å². The Kier molecular flexibility index (Phi) is 3.84. The molecule has 0 aliphatic rings. The monoisotopic (exact) mass is 291 g/mol. The van der Waals surface area contributed by atoms with Crippen molar-refractivity contribution in [2.24, 2.45) is 0 Å². The largest absolute Gasteiger partial charge is 0.478 e. The van der Waals surface area contributed by atoms with E-state index in [2.05, 4.69) is 0 Å². The Bertz CT molecular complexity index is 729. The lowest BCUT2D eigenvalue weighted by Gasteiger charge is -2.10. The molecule has 6 nitrogen and oxygen atoms in total. The van der Waals surface area contributed by atoms with Crippen LogP contribution in [0.4, 0.5) is 10.1 Å². The summed E-state index contributed by atoms with van der Waals surface area (Å²) in [4.78, 5) is 21.5. The molecule has 1 N–H and O–H groups in total. The third kappa shape index (κ3) is 2.97. The minimum absolute atomic E-state index is 0.103. The summed E-state index contributed by atoms with van der Waals surface area (Å²) in [5.74, 6) is -2.40. The number of carbonyl (C=O) groups is 1. The van der Waals surface area contributed by atoms with E-state index >= 15 is 0 Å². The van der Waals surface area contributed by atoms with Gasteiger partial charge in [0, 0.05) is 5.56 Å². The molecule has 0 fully saturated rings. The van der Waals surface area contributed by atoms with Gasteiger partial charge in [0.05, 0.1) is 4.92 Å². The molecule has 0 aliphatic heterocycles. The first-order valence-electron chi connectivity index (χ1n) is 5.85. The van der Waals surface area contributed by atoms with E-state index in [0.29, 0.717) is 5.56 Å². The fraction of sp³-hybridized carbons (Fsp3) is 0.0714. The zero-order valence-electron chi connectivity index (χ0n) is 10.9. The zero-order chi connectivity index (χ0) is 15.6. The summed E-state index contributed by atoms with van der Waals surface area (Å²) in [6.07, 6.45) is 0. The van der Waals surface area contributed by atoms with Gasteiger partial charge in [0.2, 0.25) is 5.75 Å². The summed E-state index contributed by atoms with van der Waals surface area (Å²) < 4.78 is 18.4. The number of aryl methyl sites for hydroxylation is 1. The van der Waals surface area contributed by atoms with Crippen LogP contribution < -0.4 is 4.74 Å². The van der Waals surface area contributed by atoms with Gasteiger partial charge >= 0.3 is 11.7 Å². The van der Waals surface area contributed by atoms with Gasteiger partial charge in [-0.1, -0.05) is 12.1 Å². The van der Waals surface area contributed by atoms with Gasteiger partial charge in [-0.3, -0.25) is 10.1 Å². The van der Waals surface area contributed by atoms with Crippen LogP contribution in [-0.4, -0.2) is 16.0 Å². The quantitative estimate of drug-likeness (QED) is 0.687. The van der Waals surface area contributed by atoms with Crippen molar-refractivity contribution in [2.45, 2.75) is 6.92 Å². The number of rotatable bonds is 4. The van der Waals surface area contributed by atoms with Crippen molar-refractivity contribution >= 4 is 11.7 Å². The SMILES string of the molecule is Cc1cccc(Oc2ccc(F)cc2C(=O)O)c1[N+](=O)[O-]. The maximum absolute atomic E-state index is 13.1. The van der Waals surface area contributed by atoms with Crippen molar-refractivity contribution in [1.29, 1.82) is 0 Å². The number of hydrogen-bond donors (Lipinski definition) is 1. The van der Waals surface area contributed by atoms with Crippen LogP contribution in [0.25, 0.3) is 0 Å². The summed E-state index contributed by atoms with van der Waals surface area (Å²) >= 11 is 0. The highest BCUT2D eigenvalue weighted by atomic mass is 19.1. The normalized spacial score (nSPS) is 10.2. The van der Waals surface area contributed by atoms with E-state index in [4.69, 9.17) is 9.84 Å². The smallest absolute Gasteiger partial charge is 0.339 e. The van der Waals surface area contributed by atoms with E-state index in [1.54, 1.807) is 6.07 Å². The molecule has 0 radical (unpaired) electrons. The highest BCUT2D eigenvalue weighted by Crippen LogP contribution is 2.35. The lowest BCUT2D eigenvalue weighted by Crippen LogP contribution is -2.02. The van der Waals surface area contributed by atoms with Crippen LogP contribution in [-0.2, 0) is 0 Å². The topological polar surface area (TPSA) is 89.7 Å². The third-order valence-electron chi connectivity index (χ3n) is 2.78. The van der Waals surface area contributed by atoms with Crippen LogP contribution in [0.1, 0.15) is 15.9 Å². The number of carboxylic acids is 1. The second kappa shape index (κ2) is 5.58. The van der Waals surface area contributed by atoms with Crippen LogP contribution in [0, 0.1) is 22.9 Å². The van der Waals surface area contributed by atoms with Crippen LogP contribution >= 0.6 is 0 Å². The Hall–Kier alpha value is -2.96. The molecule has 0 heterocycles. The molecule has 0 aromatic heterocycles. The van der Waals surface area contributed by atoms with Crippen LogP contribution in [0.5, 0.6) is 11.5 Å². The number of aromatic carboxylic acids is 1. The van der Waals surface area contributed by atoms with Crippen molar-refractivity contribution in [1.82, 2.24) is 0 Å². The summed E-state index contributed by atoms with van der Waals surface area (Å²) in [6, 6.07) is 7.35. The number of ether oxygens (including phenoxy) is 1. The Balaban J connectivity index is 2.51. The van der Waals surface area contributed by atoms with E-state index in [1.165, 1.54) is 19.1 Å². The van der Waals surface area contributed by atoms with Gasteiger partial charge in [0.25, 0.3) is 0 Å². The minimum Gasteiger partial charge on any atom is -0.478 e. The third-order valence-corrected chi connectivity index (χ3v) is 2.78. The first-order valence-corrected chi connectivity index (χ1v) is 5.85. The van der Waals surface area contributed by atoms with Gasteiger partial charge in [-0.15, -0.1) is 0 Å². The lowest BCUT2D eigenvalue weighted by molar-refractivity contribution is -0.386. The molecule has 0 atom stereocenters. The highest BCUT2D eigenvalue weighted by Gasteiger charge is 2.21. The highest BCUT2D eigenvalue weighted by molar-refractivity contribution is 5.91. The summed E-state index contributed by atoms with van der Waals surface area (Å²) in [6.45, 7) is 1.54. The Morgan fingerprint density at radius 1 is 1.29 bits per heavy atom. The fourth-order valence-electron chi connectivity index (χ4n) is 1.83. The molecule has 0 saturated heterocycles. The molecule has 0 bridgehead atoms. The summed E-state index contributed by atoms with van der Waals surface area (Å²) in [7, 11) is 0. The number of halogens is 1. The maximum atomic E-state index is 13.1. The molecule has 21 heavy (non-hydrogen) atoms. The van der Waals surface area contributed by atoms with Gasteiger partial charge in [-0.2, -0.15) is 0 Å². The fourth-order valence-corrected chi connectivity index (χ4v) is 1.83. The van der Waals surface area contributed by atoms with Crippen LogP contribution in [0.15, 0.2) is 36.4 Å². The minimum atomic E-state index is -1.39. The van der Waals surface area contributed by atoms with Crippen molar-refractivity contribution in [2.75, 3.05) is 0 Å². The second-order valence-electron chi connectivity index (χ2n) is 4.23. The number of nitrogens with zero attached hydrogens (tertiary/aromatic N) is 1. The van der Waals surface area contributed by atoms with Gasteiger partial charge in [0.15, 0.2) is 0 Å². The molecule has 0 saturated carbocycles. The molecule has 2 aromatic carbocycles. The average molecular weight is 291 g/mol. The average Bonchev–Trinajstić information content (AvgIpc) is 2.40. The zero-order valence-corrected chi connectivity index (χ0v) is 10.9. The second-order valence-corrected chi connectivity index (χ2v) is 4.23. The summed E-state index contributed by atoms with van der Waals surface area (Å²) in [5, 5.41) is 20.1. The molecule has 2 rings (SSSR count). The van der Waals surface area contributed by atoms with Gasteiger partial charge in [-0.05, 0) is 31.2 Å². The van der Waals surface area contributed by atoms with E-state index in [0.717, 1.165) is 18.2 Å². The summed E-state index contributed by atoms with van der Waals surface area (Å²) in [5.41, 5.74) is -0.305. The van der Waals surface area contributed by atoms with Crippen molar-refractivity contribution < 1.29 is 24.0 Å². The number of para-hydroxylation sites is 1. The Morgan fingerprint density at radius 3 is 2.62 bits per heavy atom. The molecule has 108 valence electrons. The van der Waals surface area contributed by atoms with Crippen molar-refractivity contribution in [3.05, 3.63) is 63.5 Å². The Morgan fingerprint density at radius 2 is 2.00 bits per heavy atom. The number of benzene rings is 2.